The number of rotatable bonds is 5. The molecule has 0 aromatic heterocycles. The molecule has 16 heavy (non-hydrogen) atoms. The lowest BCUT2D eigenvalue weighted by atomic mass is 10.1. The van der Waals surface area contributed by atoms with E-state index in [0.717, 1.165) is 26.1 Å². The van der Waals surface area contributed by atoms with Gasteiger partial charge in [-0.2, -0.15) is 0 Å². The summed E-state index contributed by atoms with van der Waals surface area (Å²) in [6.07, 6.45) is 1.13. The quantitative estimate of drug-likeness (QED) is 0.723. The van der Waals surface area contributed by atoms with Crippen LogP contribution in [0.1, 0.15) is 45.7 Å². The van der Waals surface area contributed by atoms with Crippen LogP contribution in [-0.4, -0.2) is 18.0 Å². The highest BCUT2D eigenvalue weighted by atomic mass is 15.1. The Morgan fingerprint density at radius 2 is 1.25 bits per heavy atom. The Hall–Kier alpha value is -0.820. The average Bonchev–Trinajstić information content (AvgIpc) is 2.39. The molecule has 1 aromatic carbocycles. The number of hydrogen-bond acceptors (Lipinski definition) is 1. The summed E-state index contributed by atoms with van der Waals surface area (Å²) in [5, 5.41) is 0. The van der Waals surface area contributed by atoms with E-state index in [1.54, 1.807) is 0 Å². The van der Waals surface area contributed by atoms with Crippen LogP contribution >= 0.6 is 0 Å². The largest absolute Gasteiger partial charge is 0.300 e. The second kappa shape index (κ2) is 9.41. The van der Waals surface area contributed by atoms with Crippen molar-refractivity contribution in [1.82, 2.24) is 4.90 Å². The SMILES string of the molecule is CC.CCc1ccc(CN(CC)CC)cc1. The highest BCUT2D eigenvalue weighted by Crippen LogP contribution is 2.07. The second-order valence-corrected chi connectivity index (χ2v) is 3.63. The minimum atomic E-state index is 1.08. The monoisotopic (exact) mass is 221 g/mol. The normalized spacial score (nSPS) is 9.88. The predicted molar refractivity (Wildman–Crippen MR) is 73.8 cm³/mol. The zero-order valence-corrected chi connectivity index (χ0v) is 11.6. The van der Waals surface area contributed by atoms with Crippen molar-refractivity contribution in [3.05, 3.63) is 35.4 Å². The van der Waals surface area contributed by atoms with E-state index < -0.39 is 0 Å². The molecule has 1 nitrogen and oxygen atoms in total. The first kappa shape index (κ1) is 15.2. The van der Waals surface area contributed by atoms with E-state index in [-0.39, 0.29) is 0 Å². The molecule has 0 unspecified atom stereocenters. The number of hydrogen-bond donors (Lipinski definition) is 0. The third kappa shape index (κ3) is 5.32. The zero-order chi connectivity index (χ0) is 12.4. The summed E-state index contributed by atoms with van der Waals surface area (Å²) >= 11 is 0. The molecule has 0 aliphatic heterocycles. The summed E-state index contributed by atoms with van der Waals surface area (Å²) in [5.41, 5.74) is 2.85. The summed E-state index contributed by atoms with van der Waals surface area (Å²) in [7, 11) is 0. The first-order chi connectivity index (χ1) is 7.80. The van der Waals surface area contributed by atoms with Gasteiger partial charge in [-0.3, -0.25) is 4.90 Å². The van der Waals surface area contributed by atoms with E-state index in [9.17, 15) is 0 Å². The smallest absolute Gasteiger partial charge is 0.0233 e. The van der Waals surface area contributed by atoms with Crippen molar-refractivity contribution in [3.8, 4) is 0 Å². The third-order valence-electron chi connectivity index (χ3n) is 2.73. The molecular weight excluding hydrogens is 194 g/mol. The molecule has 0 heterocycles. The van der Waals surface area contributed by atoms with E-state index in [2.05, 4.69) is 49.9 Å². The number of nitrogens with zero attached hydrogens (tertiary/aromatic N) is 1. The molecule has 0 aliphatic carbocycles. The van der Waals surface area contributed by atoms with Gasteiger partial charge in [0.25, 0.3) is 0 Å². The molecule has 0 bridgehead atoms. The molecular formula is C15H27N. The topological polar surface area (TPSA) is 3.24 Å². The molecule has 0 N–H and O–H groups in total. The predicted octanol–water partition coefficient (Wildman–Crippen LogP) is 4.12. The van der Waals surface area contributed by atoms with Crippen LogP contribution in [0.25, 0.3) is 0 Å². The van der Waals surface area contributed by atoms with Crippen molar-refractivity contribution in [2.45, 2.75) is 47.6 Å². The van der Waals surface area contributed by atoms with Crippen molar-refractivity contribution in [2.75, 3.05) is 13.1 Å². The Kier molecular flexibility index (Phi) is 8.93. The van der Waals surface area contributed by atoms with Crippen molar-refractivity contribution in [1.29, 1.82) is 0 Å². The van der Waals surface area contributed by atoms with Gasteiger partial charge in [0.2, 0.25) is 0 Å². The van der Waals surface area contributed by atoms with Gasteiger partial charge >= 0.3 is 0 Å². The molecule has 0 saturated carbocycles. The van der Waals surface area contributed by atoms with Crippen molar-refractivity contribution in [3.63, 3.8) is 0 Å². The van der Waals surface area contributed by atoms with Crippen LogP contribution in [0.4, 0.5) is 0 Å². The molecule has 0 atom stereocenters. The van der Waals surface area contributed by atoms with Crippen LogP contribution in [0.5, 0.6) is 0 Å². The van der Waals surface area contributed by atoms with Gasteiger partial charge < -0.3 is 0 Å². The van der Waals surface area contributed by atoms with Gasteiger partial charge in [0.1, 0.15) is 0 Å². The van der Waals surface area contributed by atoms with Gasteiger partial charge in [0.15, 0.2) is 0 Å². The Labute approximate surface area is 101 Å². The first-order valence-electron chi connectivity index (χ1n) is 6.60. The standard InChI is InChI=1S/C13H21N.C2H6/c1-4-12-7-9-13(10-8-12)11-14(5-2)6-3;1-2/h7-10H,4-6,11H2,1-3H3;1-2H3. The Morgan fingerprint density at radius 1 is 0.812 bits per heavy atom. The van der Waals surface area contributed by atoms with Crippen LogP contribution in [-0.2, 0) is 13.0 Å². The number of benzene rings is 1. The van der Waals surface area contributed by atoms with Crippen molar-refractivity contribution >= 4 is 0 Å². The van der Waals surface area contributed by atoms with Crippen molar-refractivity contribution in [2.24, 2.45) is 0 Å². The zero-order valence-electron chi connectivity index (χ0n) is 11.6. The van der Waals surface area contributed by atoms with Gasteiger partial charge in [-0.1, -0.05) is 58.9 Å². The fourth-order valence-electron chi connectivity index (χ4n) is 1.59. The van der Waals surface area contributed by atoms with Gasteiger partial charge in [0, 0.05) is 6.54 Å². The van der Waals surface area contributed by atoms with Crippen LogP contribution in [0.3, 0.4) is 0 Å². The fourth-order valence-corrected chi connectivity index (χ4v) is 1.59. The molecule has 0 aliphatic rings. The van der Waals surface area contributed by atoms with Crippen LogP contribution in [0.2, 0.25) is 0 Å². The van der Waals surface area contributed by atoms with E-state index in [1.807, 2.05) is 13.8 Å². The van der Waals surface area contributed by atoms with E-state index in [4.69, 9.17) is 0 Å². The molecule has 0 amide bonds. The molecule has 0 radical (unpaired) electrons. The lowest BCUT2D eigenvalue weighted by Crippen LogP contribution is -2.21. The molecule has 1 rings (SSSR count). The van der Waals surface area contributed by atoms with Gasteiger partial charge in [-0.15, -0.1) is 0 Å². The second-order valence-electron chi connectivity index (χ2n) is 3.63. The van der Waals surface area contributed by atoms with Gasteiger partial charge in [-0.05, 0) is 30.6 Å². The fraction of sp³-hybridized carbons (Fsp3) is 0.600. The maximum Gasteiger partial charge on any atom is 0.0233 e. The molecule has 0 saturated heterocycles. The van der Waals surface area contributed by atoms with Crippen molar-refractivity contribution < 1.29 is 0 Å². The highest BCUT2D eigenvalue weighted by molar-refractivity contribution is 5.22. The van der Waals surface area contributed by atoms with E-state index in [0.29, 0.717) is 0 Å². The summed E-state index contributed by atoms with van der Waals surface area (Å²) in [4.78, 5) is 2.43. The highest BCUT2D eigenvalue weighted by Gasteiger charge is 2.00. The lowest BCUT2D eigenvalue weighted by Gasteiger charge is -2.17. The molecule has 92 valence electrons. The Balaban J connectivity index is 0.00000106. The summed E-state index contributed by atoms with van der Waals surface area (Å²) < 4.78 is 0. The first-order valence-corrected chi connectivity index (χ1v) is 6.60. The van der Waals surface area contributed by atoms with Gasteiger partial charge in [0.05, 0.1) is 0 Å². The average molecular weight is 221 g/mol. The summed E-state index contributed by atoms with van der Waals surface area (Å²) in [6.45, 7) is 14.0. The maximum absolute atomic E-state index is 2.43. The third-order valence-corrected chi connectivity index (χ3v) is 2.73. The number of aryl methyl sites for hydroxylation is 1. The van der Waals surface area contributed by atoms with Crippen LogP contribution < -0.4 is 0 Å². The minimum Gasteiger partial charge on any atom is -0.300 e. The lowest BCUT2D eigenvalue weighted by molar-refractivity contribution is 0.296. The summed E-state index contributed by atoms with van der Waals surface area (Å²) in [5.74, 6) is 0. The van der Waals surface area contributed by atoms with Crippen LogP contribution in [0, 0.1) is 0 Å². The van der Waals surface area contributed by atoms with E-state index in [1.165, 1.54) is 11.1 Å². The van der Waals surface area contributed by atoms with Crippen LogP contribution in [0.15, 0.2) is 24.3 Å². The van der Waals surface area contributed by atoms with Gasteiger partial charge in [-0.25, -0.2) is 0 Å². The van der Waals surface area contributed by atoms with E-state index >= 15 is 0 Å². The molecule has 1 aromatic rings. The molecule has 0 fully saturated rings. The minimum absolute atomic E-state index is 1.08. The Bertz CT molecular complexity index is 247. The maximum atomic E-state index is 2.43. The molecule has 0 spiro atoms. The summed E-state index contributed by atoms with van der Waals surface area (Å²) in [6, 6.07) is 8.96. The Morgan fingerprint density at radius 3 is 1.62 bits per heavy atom. The molecule has 1 heteroatoms.